The Hall–Kier alpha value is -1.68. The molecule has 0 saturated carbocycles. The number of amides is 1. The van der Waals surface area contributed by atoms with Gasteiger partial charge in [-0.15, -0.1) is 0 Å². The average Bonchev–Trinajstić information content (AvgIpc) is 2.55. The van der Waals surface area contributed by atoms with E-state index >= 15 is 0 Å². The zero-order chi connectivity index (χ0) is 17.3. The van der Waals surface area contributed by atoms with Crippen LogP contribution in [0.5, 0.6) is 5.75 Å². The van der Waals surface area contributed by atoms with Crippen molar-refractivity contribution in [3.8, 4) is 5.75 Å². The lowest BCUT2D eigenvalue weighted by atomic mass is 10.2. The first-order valence-corrected chi connectivity index (χ1v) is 8.52. The van der Waals surface area contributed by atoms with Crippen LogP contribution in [0.15, 0.2) is 24.3 Å². The second-order valence-electron chi connectivity index (χ2n) is 4.55. The van der Waals surface area contributed by atoms with Crippen molar-refractivity contribution < 1.29 is 27.4 Å². The molecule has 0 bridgehead atoms. The van der Waals surface area contributed by atoms with Crippen molar-refractivity contribution in [1.82, 2.24) is 10.0 Å². The normalized spacial score (nSPS) is 11.5. The Bertz CT molecular complexity index is 584. The standard InChI is InChI=1S/C14H22N2O6S/c1-20-12-6-4-11(5-7-12)14(17)15-8-9-23(18,19)16-10-13(21-2)22-3/h4-7,13,16H,8-10H2,1-3H3,(H,15,17). The third kappa shape index (κ3) is 6.95. The molecule has 9 heteroatoms. The first kappa shape index (κ1) is 19.4. The second kappa shape index (κ2) is 9.46. The molecule has 2 N–H and O–H groups in total. The van der Waals surface area contributed by atoms with Gasteiger partial charge in [0, 0.05) is 26.3 Å². The molecular formula is C14H22N2O6S. The molecule has 0 aliphatic heterocycles. The largest absolute Gasteiger partial charge is 0.497 e. The Morgan fingerprint density at radius 3 is 2.26 bits per heavy atom. The van der Waals surface area contributed by atoms with Gasteiger partial charge >= 0.3 is 0 Å². The van der Waals surface area contributed by atoms with Gasteiger partial charge in [-0.3, -0.25) is 4.79 Å². The van der Waals surface area contributed by atoms with Crippen molar-refractivity contribution in [2.24, 2.45) is 0 Å². The molecule has 0 fully saturated rings. The molecule has 1 aromatic carbocycles. The summed E-state index contributed by atoms with van der Waals surface area (Å²) in [5, 5.41) is 2.55. The SMILES string of the molecule is COc1ccc(C(=O)NCCS(=O)(=O)NCC(OC)OC)cc1. The fourth-order valence-corrected chi connectivity index (χ4v) is 2.58. The predicted molar refractivity (Wildman–Crippen MR) is 84.9 cm³/mol. The van der Waals surface area contributed by atoms with Crippen LogP contribution in [-0.2, 0) is 19.5 Å². The van der Waals surface area contributed by atoms with Gasteiger partial charge in [0.1, 0.15) is 5.75 Å². The maximum Gasteiger partial charge on any atom is 0.251 e. The molecule has 0 aliphatic rings. The lowest BCUT2D eigenvalue weighted by molar-refractivity contribution is -0.0960. The summed E-state index contributed by atoms with van der Waals surface area (Å²) in [6.45, 7) is -0.00735. The maximum atomic E-state index is 11.9. The van der Waals surface area contributed by atoms with E-state index in [-0.39, 0.29) is 24.7 Å². The van der Waals surface area contributed by atoms with Crippen molar-refractivity contribution in [3.05, 3.63) is 29.8 Å². The van der Waals surface area contributed by atoms with Gasteiger partial charge in [-0.1, -0.05) is 0 Å². The molecule has 0 atom stereocenters. The number of ether oxygens (including phenoxy) is 3. The third-order valence-electron chi connectivity index (χ3n) is 3.00. The summed E-state index contributed by atoms with van der Waals surface area (Å²) in [6.07, 6.45) is -0.654. The zero-order valence-electron chi connectivity index (χ0n) is 13.4. The van der Waals surface area contributed by atoms with Crippen molar-refractivity contribution >= 4 is 15.9 Å². The van der Waals surface area contributed by atoms with E-state index in [0.29, 0.717) is 11.3 Å². The Morgan fingerprint density at radius 1 is 1.13 bits per heavy atom. The van der Waals surface area contributed by atoms with Gasteiger partial charge < -0.3 is 19.5 Å². The van der Waals surface area contributed by atoms with E-state index in [1.807, 2.05) is 0 Å². The molecule has 1 aromatic rings. The molecule has 0 spiro atoms. The van der Waals surface area contributed by atoms with Crippen molar-refractivity contribution in [1.29, 1.82) is 0 Å². The Kier molecular flexibility index (Phi) is 7.96. The molecule has 0 saturated heterocycles. The first-order chi connectivity index (χ1) is 10.9. The van der Waals surface area contributed by atoms with Crippen molar-refractivity contribution in [3.63, 3.8) is 0 Å². The molecule has 23 heavy (non-hydrogen) atoms. The van der Waals surface area contributed by atoms with Crippen LogP contribution in [0.2, 0.25) is 0 Å². The molecule has 0 heterocycles. The van der Waals surface area contributed by atoms with E-state index < -0.39 is 16.3 Å². The lowest BCUT2D eigenvalue weighted by Crippen LogP contribution is -2.38. The molecule has 0 aromatic heterocycles. The van der Waals surface area contributed by atoms with Crippen LogP contribution in [0.4, 0.5) is 0 Å². The summed E-state index contributed by atoms with van der Waals surface area (Å²) in [5.41, 5.74) is 0.426. The van der Waals surface area contributed by atoms with E-state index in [0.717, 1.165) is 0 Å². The highest BCUT2D eigenvalue weighted by atomic mass is 32.2. The minimum atomic E-state index is -3.53. The van der Waals surface area contributed by atoms with Crippen LogP contribution in [0, 0.1) is 0 Å². The van der Waals surface area contributed by atoms with Crippen LogP contribution >= 0.6 is 0 Å². The number of carbonyl (C=O) groups excluding carboxylic acids is 1. The van der Waals surface area contributed by atoms with Gasteiger partial charge in [-0.2, -0.15) is 0 Å². The number of sulfonamides is 1. The van der Waals surface area contributed by atoms with Gasteiger partial charge in [0.2, 0.25) is 10.0 Å². The summed E-state index contributed by atoms with van der Waals surface area (Å²) < 4.78 is 40.7. The fourth-order valence-electron chi connectivity index (χ4n) is 1.67. The summed E-state index contributed by atoms with van der Waals surface area (Å²) in [6, 6.07) is 6.51. The molecule has 0 aliphatic carbocycles. The summed E-state index contributed by atoms with van der Waals surface area (Å²) in [4.78, 5) is 11.9. The van der Waals surface area contributed by atoms with Crippen LogP contribution < -0.4 is 14.8 Å². The smallest absolute Gasteiger partial charge is 0.251 e. The topological polar surface area (TPSA) is 103 Å². The number of benzene rings is 1. The number of hydrogen-bond donors (Lipinski definition) is 2. The maximum absolute atomic E-state index is 11.9. The van der Waals surface area contributed by atoms with E-state index in [1.54, 1.807) is 24.3 Å². The summed E-state index contributed by atoms with van der Waals surface area (Å²) in [7, 11) is 0.831. The van der Waals surface area contributed by atoms with Crippen LogP contribution in [0.1, 0.15) is 10.4 Å². The number of nitrogens with one attached hydrogen (secondary N) is 2. The minimum absolute atomic E-state index is 0.00175. The third-order valence-corrected chi connectivity index (χ3v) is 4.35. The fraction of sp³-hybridized carbons (Fsp3) is 0.500. The molecule has 1 amide bonds. The summed E-state index contributed by atoms with van der Waals surface area (Å²) in [5.74, 6) is 0.0448. The minimum Gasteiger partial charge on any atom is -0.497 e. The average molecular weight is 346 g/mol. The molecule has 1 rings (SSSR count). The van der Waals surface area contributed by atoms with Crippen LogP contribution in [-0.4, -0.2) is 60.8 Å². The van der Waals surface area contributed by atoms with Crippen molar-refractivity contribution in [2.45, 2.75) is 6.29 Å². The van der Waals surface area contributed by atoms with Gasteiger partial charge in [0.05, 0.1) is 19.4 Å². The Balaban J connectivity index is 2.40. The Morgan fingerprint density at radius 2 is 1.74 bits per heavy atom. The molecule has 8 nitrogen and oxygen atoms in total. The Labute approximate surface area is 136 Å². The number of rotatable bonds is 10. The van der Waals surface area contributed by atoms with Gasteiger partial charge in [0.15, 0.2) is 6.29 Å². The van der Waals surface area contributed by atoms with E-state index in [9.17, 15) is 13.2 Å². The highest BCUT2D eigenvalue weighted by Gasteiger charge is 2.14. The van der Waals surface area contributed by atoms with Gasteiger partial charge in [-0.05, 0) is 24.3 Å². The van der Waals surface area contributed by atoms with Crippen molar-refractivity contribution in [2.75, 3.05) is 40.2 Å². The lowest BCUT2D eigenvalue weighted by Gasteiger charge is -2.14. The van der Waals surface area contributed by atoms with E-state index in [4.69, 9.17) is 14.2 Å². The highest BCUT2D eigenvalue weighted by Crippen LogP contribution is 2.10. The first-order valence-electron chi connectivity index (χ1n) is 6.87. The van der Waals surface area contributed by atoms with Crippen LogP contribution in [0.25, 0.3) is 0 Å². The van der Waals surface area contributed by atoms with Gasteiger partial charge in [0.25, 0.3) is 5.91 Å². The zero-order valence-corrected chi connectivity index (χ0v) is 14.2. The molecule has 0 unspecified atom stereocenters. The highest BCUT2D eigenvalue weighted by molar-refractivity contribution is 7.89. The second-order valence-corrected chi connectivity index (χ2v) is 6.48. The van der Waals surface area contributed by atoms with Crippen LogP contribution in [0.3, 0.4) is 0 Å². The van der Waals surface area contributed by atoms with Gasteiger partial charge in [-0.25, -0.2) is 13.1 Å². The number of carbonyl (C=O) groups is 1. The molecule has 0 radical (unpaired) electrons. The quantitative estimate of drug-likeness (QED) is 0.577. The number of methoxy groups -OCH3 is 3. The monoisotopic (exact) mass is 346 g/mol. The number of hydrogen-bond acceptors (Lipinski definition) is 6. The van der Waals surface area contributed by atoms with E-state index in [2.05, 4.69) is 10.0 Å². The molecular weight excluding hydrogens is 324 g/mol. The summed E-state index contributed by atoms with van der Waals surface area (Å²) >= 11 is 0. The van der Waals surface area contributed by atoms with E-state index in [1.165, 1.54) is 21.3 Å². The molecule has 130 valence electrons. The predicted octanol–water partition coefficient (Wildman–Crippen LogP) is -0.0367.